The largest absolute Gasteiger partial charge is 0.378 e. The lowest BCUT2D eigenvalue weighted by atomic mass is 10.2. The number of halogens is 1. The van der Waals surface area contributed by atoms with Gasteiger partial charge < -0.3 is 15.6 Å². The highest BCUT2D eigenvalue weighted by Crippen LogP contribution is 2.21. The van der Waals surface area contributed by atoms with Gasteiger partial charge in [-0.2, -0.15) is 0 Å². The van der Waals surface area contributed by atoms with E-state index in [1.165, 1.54) is 0 Å². The molecule has 0 spiro atoms. The topological polar surface area (TPSA) is 72.9 Å². The summed E-state index contributed by atoms with van der Waals surface area (Å²) >= 11 is 5.98. The van der Waals surface area contributed by atoms with Crippen LogP contribution >= 0.6 is 11.6 Å². The van der Waals surface area contributed by atoms with Crippen LogP contribution in [-0.4, -0.2) is 15.5 Å². The first-order valence-corrected chi connectivity index (χ1v) is 6.33. The Balaban J connectivity index is 2.08. The molecular formula is C13H15ClN4O. The average molecular weight is 279 g/mol. The van der Waals surface area contributed by atoms with Crippen molar-refractivity contribution < 1.29 is 4.79 Å². The van der Waals surface area contributed by atoms with E-state index in [9.17, 15) is 4.79 Å². The van der Waals surface area contributed by atoms with Crippen molar-refractivity contribution >= 4 is 23.2 Å². The minimum atomic E-state index is -0.530. The van der Waals surface area contributed by atoms with Gasteiger partial charge in [0.1, 0.15) is 5.82 Å². The van der Waals surface area contributed by atoms with Crippen LogP contribution in [0.3, 0.4) is 0 Å². The predicted molar refractivity (Wildman–Crippen MR) is 75.2 cm³/mol. The van der Waals surface area contributed by atoms with E-state index in [1.807, 2.05) is 10.8 Å². The number of aromatic nitrogens is 2. The third-order valence-corrected chi connectivity index (χ3v) is 3.14. The number of nitrogens with one attached hydrogen (secondary N) is 1. The highest BCUT2D eigenvalue weighted by molar-refractivity contribution is 6.34. The molecule has 0 aliphatic carbocycles. The summed E-state index contributed by atoms with van der Waals surface area (Å²) in [7, 11) is 0. The van der Waals surface area contributed by atoms with Crippen molar-refractivity contribution in [3.63, 3.8) is 0 Å². The zero-order chi connectivity index (χ0) is 13.8. The van der Waals surface area contributed by atoms with Crippen LogP contribution in [0.15, 0.2) is 30.6 Å². The third-order valence-electron chi connectivity index (χ3n) is 2.83. The molecule has 1 aromatic carbocycles. The predicted octanol–water partition coefficient (Wildman–Crippen LogP) is 2.27. The number of nitrogens with zero attached hydrogens (tertiary/aromatic N) is 2. The fourth-order valence-electron chi connectivity index (χ4n) is 1.80. The second kappa shape index (κ2) is 5.75. The van der Waals surface area contributed by atoms with Crippen LogP contribution in [0.5, 0.6) is 0 Å². The molecule has 5 nitrogen and oxygen atoms in total. The number of carbonyl (C=O) groups is 1. The van der Waals surface area contributed by atoms with Crippen molar-refractivity contribution in [2.75, 3.05) is 5.32 Å². The number of hydrogen-bond acceptors (Lipinski definition) is 3. The molecular weight excluding hydrogens is 264 g/mol. The highest BCUT2D eigenvalue weighted by Gasteiger charge is 2.07. The Morgan fingerprint density at radius 3 is 2.95 bits per heavy atom. The van der Waals surface area contributed by atoms with E-state index in [0.29, 0.717) is 17.1 Å². The maximum absolute atomic E-state index is 11.1. The first-order valence-electron chi connectivity index (χ1n) is 5.95. The number of rotatable bonds is 5. The molecule has 0 saturated heterocycles. The van der Waals surface area contributed by atoms with Crippen LogP contribution in [0.4, 0.5) is 5.69 Å². The van der Waals surface area contributed by atoms with Crippen LogP contribution in [0, 0.1) is 0 Å². The van der Waals surface area contributed by atoms with Crippen molar-refractivity contribution in [3.8, 4) is 0 Å². The maximum atomic E-state index is 11.1. The van der Waals surface area contributed by atoms with E-state index >= 15 is 0 Å². The van der Waals surface area contributed by atoms with Crippen LogP contribution < -0.4 is 11.1 Å². The molecule has 1 amide bonds. The van der Waals surface area contributed by atoms with E-state index in [-0.39, 0.29) is 0 Å². The molecule has 3 N–H and O–H groups in total. The van der Waals surface area contributed by atoms with E-state index in [2.05, 4.69) is 17.2 Å². The lowest BCUT2D eigenvalue weighted by molar-refractivity contribution is 0.100. The second-order valence-corrected chi connectivity index (χ2v) is 4.45. The number of nitrogens with two attached hydrogens (primary N) is 1. The van der Waals surface area contributed by atoms with Crippen LogP contribution in [0.1, 0.15) is 23.1 Å². The molecule has 0 aliphatic rings. The molecule has 2 aromatic rings. The van der Waals surface area contributed by atoms with Gasteiger partial charge >= 0.3 is 0 Å². The number of hydrogen-bond donors (Lipinski definition) is 2. The fraction of sp³-hybridized carbons (Fsp3) is 0.231. The van der Waals surface area contributed by atoms with Crippen molar-refractivity contribution in [1.29, 1.82) is 0 Å². The zero-order valence-corrected chi connectivity index (χ0v) is 11.3. The molecule has 0 unspecified atom stereocenters. The second-order valence-electron chi connectivity index (χ2n) is 4.04. The van der Waals surface area contributed by atoms with Crippen molar-refractivity contribution in [1.82, 2.24) is 9.55 Å². The maximum Gasteiger partial charge on any atom is 0.250 e. The van der Waals surface area contributed by atoms with Gasteiger partial charge in [-0.1, -0.05) is 11.6 Å². The lowest BCUT2D eigenvalue weighted by Crippen LogP contribution is -2.12. The quantitative estimate of drug-likeness (QED) is 0.881. The standard InChI is InChI=1S/C13H15ClN4O/c1-2-18-6-5-16-12(18)8-17-9-3-4-10(13(15)19)11(14)7-9/h3-7,17H,2,8H2,1H3,(H2,15,19). The zero-order valence-electron chi connectivity index (χ0n) is 10.6. The number of amides is 1. The van der Waals surface area contributed by atoms with Gasteiger partial charge in [0, 0.05) is 24.6 Å². The van der Waals surface area contributed by atoms with E-state index in [0.717, 1.165) is 18.1 Å². The minimum absolute atomic E-state index is 0.322. The molecule has 0 bridgehead atoms. The number of benzene rings is 1. The molecule has 0 atom stereocenters. The van der Waals surface area contributed by atoms with Crippen molar-refractivity contribution in [2.45, 2.75) is 20.0 Å². The number of primary amides is 1. The first-order chi connectivity index (χ1) is 9.11. The first kappa shape index (κ1) is 13.4. The van der Waals surface area contributed by atoms with Crippen molar-refractivity contribution in [3.05, 3.63) is 47.0 Å². The lowest BCUT2D eigenvalue weighted by Gasteiger charge is -2.09. The number of aryl methyl sites for hydroxylation is 1. The molecule has 1 aromatic heterocycles. The SMILES string of the molecule is CCn1ccnc1CNc1ccc(C(N)=O)c(Cl)c1. The molecule has 6 heteroatoms. The van der Waals surface area contributed by atoms with Gasteiger partial charge in [-0.3, -0.25) is 4.79 Å². The molecule has 0 saturated carbocycles. The Morgan fingerprint density at radius 1 is 1.53 bits per heavy atom. The van der Waals surface area contributed by atoms with E-state index < -0.39 is 5.91 Å². The number of imidazole rings is 1. The molecule has 100 valence electrons. The molecule has 2 rings (SSSR count). The Morgan fingerprint density at radius 2 is 2.32 bits per heavy atom. The Hall–Kier alpha value is -2.01. The van der Waals surface area contributed by atoms with Gasteiger partial charge in [-0.05, 0) is 25.1 Å². The molecule has 0 aliphatic heterocycles. The summed E-state index contributed by atoms with van der Waals surface area (Å²) in [6.45, 7) is 3.52. The summed E-state index contributed by atoms with van der Waals surface area (Å²) in [5, 5.41) is 3.55. The van der Waals surface area contributed by atoms with Crippen molar-refractivity contribution in [2.24, 2.45) is 5.73 Å². The van der Waals surface area contributed by atoms with Gasteiger partial charge in [-0.25, -0.2) is 4.98 Å². The Labute approximate surface area is 116 Å². The molecule has 19 heavy (non-hydrogen) atoms. The van der Waals surface area contributed by atoms with E-state index in [1.54, 1.807) is 24.4 Å². The number of anilines is 1. The Kier molecular flexibility index (Phi) is 4.06. The molecule has 0 fully saturated rings. The summed E-state index contributed by atoms with van der Waals surface area (Å²) in [6, 6.07) is 5.06. The van der Waals surface area contributed by atoms with Gasteiger partial charge in [0.2, 0.25) is 5.91 Å². The summed E-state index contributed by atoms with van der Waals surface area (Å²) in [5.74, 6) is 0.413. The van der Waals surface area contributed by atoms with Gasteiger partial charge in [0.05, 0.1) is 17.1 Å². The van der Waals surface area contributed by atoms with Crippen LogP contribution in [-0.2, 0) is 13.1 Å². The van der Waals surface area contributed by atoms with Crippen LogP contribution in [0.2, 0.25) is 5.02 Å². The van der Waals surface area contributed by atoms with Crippen LogP contribution in [0.25, 0.3) is 0 Å². The summed E-state index contributed by atoms with van der Waals surface area (Å²) in [6.07, 6.45) is 3.70. The normalized spacial score (nSPS) is 10.4. The highest BCUT2D eigenvalue weighted by atomic mass is 35.5. The van der Waals surface area contributed by atoms with Gasteiger partial charge in [0.25, 0.3) is 0 Å². The minimum Gasteiger partial charge on any atom is -0.378 e. The smallest absolute Gasteiger partial charge is 0.250 e. The van der Waals surface area contributed by atoms with Gasteiger partial charge in [0.15, 0.2) is 0 Å². The Bertz CT molecular complexity index is 594. The molecule has 0 radical (unpaired) electrons. The average Bonchev–Trinajstić information content (AvgIpc) is 2.83. The fourth-order valence-corrected chi connectivity index (χ4v) is 2.07. The summed E-state index contributed by atoms with van der Waals surface area (Å²) < 4.78 is 2.05. The third kappa shape index (κ3) is 3.06. The number of carbonyl (C=O) groups excluding carboxylic acids is 1. The van der Waals surface area contributed by atoms with Gasteiger partial charge in [-0.15, -0.1) is 0 Å². The summed E-state index contributed by atoms with van der Waals surface area (Å²) in [4.78, 5) is 15.3. The molecule has 1 heterocycles. The van der Waals surface area contributed by atoms with E-state index in [4.69, 9.17) is 17.3 Å². The summed E-state index contributed by atoms with van der Waals surface area (Å²) in [5.41, 5.74) is 6.34. The monoisotopic (exact) mass is 278 g/mol.